The summed E-state index contributed by atoms with van der Waals surface area (Å²) in [5.41, 5.74) is 0. The Balaban J connectivity index is 1.90. The zero-order valence-corrected chi connectivity index (χ0v) is 15.3. The number of aryl methyl sites for hydroxylation is 1. The first-order chi connectivity index (χ1) is 11.4. The zero-order valence-electron chi connectivity index (χ0n) is 13.0. The number of nitrogens with zero attached hydrogens (tertiary/aromatic N) is 2. The summed E-state index contributed by atoms with van der Waals surface area (Å²) in [7, 11) is -3.81. The van der Waals surface area contributed by atoms with Crippen LogP contribution >= 0.6 is 22.9 Å². The van der Waals surface area contributed by atoms with Gasteiger partial charge in [0.1, 0.15) is 5.01 Å². The van der Waals surface area contributed by atoms with Crippen LogP contribution in [0.4, 0.5) is 5.13 Å². The second kappa shape index (κ2) is 6.42. The molecule has 1 heterocycles. The van der Waals surface area contributed by atoms with Gasteiger partial charge in [-0.3, -0.25) is 10.1 Å². The molecule has 6 nitrogen and oxygen atoms in total. The van der Waals surface area contributed by atoms with Crippen molar-refractivity contribution in [1.29, 1.82) is 0 Å². The molecule has 1 saturated carbocycles. The topological polar surface area (TPSA) is 89.0 Å². The van der Waals surface area contributed by atoms with Crippen molar-refractivity contribution >= 4 is 43.8 Å². The number of halogens is 1. The molecule has 128 valence electrons. The normalized spacial score (nSPS) is 16.4. The molecule has 9 heteroatoms. The summed E-state index contributed by atoms with van der Waals surface area (Å²) in [5.74, 6) is -0.539. The van der Waals surface area contributed by atoms with Gasteiger partial charge in [-0.1, -0.05) is 29.9 Å². The third-order valence-electron chi connectivity index (χ3n) is 4.20. The van der Waals surface area contributed by atoms with E-state index in [-0.39, 0.29) is 4.90 Å². The van der Waals surface area contributed by atoms with Crippen molar-refractivity contribution in [2.24, 2.45) is 0 Å². The second-order valence-electron chi connectivity index (χ2n) is 5.61. The molecule has 1 aliphatic carbocycles. The molecular weight excluding hydrogens is 370 g/mol. The predicted octanol–water partition coefficient (Wildman–Crippen LogP) is 3.09. The van der Waals surface area contributed by atoms with Gasteiger partial charge in [-0.2, -0.15) is 0 Å². The molecule has 0 bridgehead atoms. The summed E-state index contributed by atoms with van der Waals surface area (Å²) >= 11 is 7.08. The Labute approximate surface area is 149 Å². The fourth-order valence-corrected chi connectivity index (χ4v) is 5.48. The van der Waals surface area contributed by atoms with Gasteiger partial charge in [0.2, 0.25) is 11.0 Å². The first-order valence-electron chi connectivity index (χ1n) is 7.53. The number of rotatable bonds is 5. The van der Waals surface area contributed by atoms with Gasteiger partial charge in [-0.05, 0) is 49.9 Å². The Morgan fingerprint density at radius 1 is 1.29 bits per heavy atom. The maximum absolute atomic E-state index is 13.0. The van der Waals surface area contributed by atoms with Gasteiger partial charge in [0, 0.05) is 5.02 Å². The van der Waals surface area contributed by atoms with Crippen LogP contribution < -0.4 is 5.32 Å². The highest BCUT2D eigenvalue weighted by atomic mass is 35.5. The SMILES string of the molecule is CCc1nnc(NC(=O)C2(S(=O)(=O)c3ccc(Cl)cc3)CCC2)s1. The highest BCUT2D eigenvalue weighted by Crippen LogP contribution is 2.44. The molecule has 1 aliphatic rings. The predicted molar refractivity (Wildman–Crippen MR) is 93.1 cm³/mol. The van der Waals surface area contributed by atoms with E-state index in [1.165, 1.54) is 35.6 Å². The fraction of sp³-hybridized carbons (Fsp3) is 0.400. The number of amides is 1. The average molecular weight is 386 g/mol. The van der Waals surface area contributed by atoms with Gasteiger partial charge in [-0.25, -0.2) is 8.42 Å². The summed E-state index contributed by atoms with van der Waals surface area (Å²) in [6.07, 6.45) is 1.99. The first kappa shape index (κ1) is 17.3. The summed E-state index contributed by atoms with van der Waals surface area (Å²) in [4.78, 5) is 12.8. The van der Waals surface area contributed by atoms with Gasteiger partial charge in [-0.15, -0.1) is 10.2 Å². The zero-order chi connectivity index (χ0) is 17.4. The van der Waals surface area contributed by atoms with Crippen LogP contribution in [0.1, 0.15) is 31.2 Å². The van der Waals surface area contributed by atoms with Crippen LogP contribution in [0, 0.1) is 0 Å². The van der Waals surface area contributed by atoms with Crippen molar-refractivity contribution in [3.05, 3.63) is 34.3 Å². The van der Waals surface area contributed by atoms with Gasteiger partial charge in [0.25, 0.3) is 0 Å². The number of benzene rings is 1. The first-order valence-corrected chi connectivity index (χ1v) is 10.2. The van der Waals surface area contributed by atoms with Crippen LogP contribution in [-0.2, 0) is 21.1 Å². The summed E-state index contributed by atoms with van der Waals surface area (Å²) in [6, 6.07) is 5.89. The van der Waals surface area contributed by atoms with E-state index < -0.39 is 20.5 Å². The molecule has 1 fully saturated rings. The van der Waals surface area contributed by atoms with Crippen molar-refractivity contribution in [1.82, 2.24) is 10.2 Å². The smallest absolute Gasteiger partial charge is 0.248 e. The molecule has 0 unspecified atom stereocenters. The van der Waals surface area contributed by atoms with Gasteiger partial charge in [0.05, 0.1) is 4.90 Å². The molecule has 1 amide bonds. The number of hydrogen-bond donors (Lipinski definition) is 1. The molecule has 0 aliphatic heterocycles. The minimum atomic E-state index is -3.81. The second-order valence-corrected chi connectivity index (χ2v) is 9.37. The Kier molecular flexibility index (Phi) is 4.63. The van der Waals surface area contributed by atoms with Crippen LogP contribution in [0.5, 0.6) is 0 Å². The van der Waals surface area contributed by atoms with E-state index in [1.54, 1.807) is 0 Å². The molecule has 2 aromatic rings. The lowest BCUT2D eigenvalue weighted by Crippen LogP contribution is -2.54. The molecule has 0 atom stereocenters. The lowest BCUT2D eigenvalue weighted by atomic mass is 9.83. The van der Waals surface area contributed by atoms with Crippen LogP contribution in [0.25, 0.3) is 0 Å². The Morgan fingerprint density at radius 2 is 1.96 bits per heavy atom. The van der Waals surface area contributed by atoms with E-state index in [0.717, 1.165) is 5.01 Å². The van der Waals surface area contributed by atoms with E-state index >= 15 is 0 Å². The number of sulfone groups is 1. The van der Waals surface area contributed by atoms with Crippen molar-refractivity contribution in [2.75, 3.05) is 5.32 Å². The maximum atomic E-state index is 13.0. The standard InChI is InChI=1S/C15H16ClN3O3S2/c1-2-12-18-19-14(23-12)17-13(20)15(8-3-9-15)24(21,22)11-6-4-10(16)5-7-11/h4-7H,2-3,8-9H2,1H3,(H,17,19,20). The van der Waals surface area contributed by atoms with Gasteiger partial charge >= 0.3 is 0 Å². The van der Waals surface area contributed by atoms with Crippen molar-refractivity contribution in [2.45, 2.75) is 42.2 Å². The molecule has 3 rings (SSSR count). The lowest BCUT2D eigenvalue weighted by molar-refractivity contribution is -0.120. The van der Waals surface area contributed by atoms with Crippen molar-refractivity contribution in [3.8, 4) is 0 Å². The summed E-state index contributed by atoms with van der Waals surface area (Å²) in [5, 5.41) is 12.0. The third-order valence-corrected chi connectivity index (χ3v) is 7.95. The van der Waals surface area contributed by atoms with E-state index in [9.17, 15) is 13.2 Å². The van der Waals surface area contributed by atoms with Crippen LogP contribution in [-0.4, -0.2) is 29.3 Å². The molecule has 24 heavy (non-hydrogen) atoms. The quantitative estimate of drug-likeness (QED) is 0.854. The van der Waals surface area contributed by atoms with Gasteiger partial charge < -0.3 is 0 Å². The number of nitrogens with one attached hydrogen (secondary N) is 1. The molecule has 1 N–H and O–H groups in total. The van der Waals surface area contributed by atoms with Crippen molar-refractivity contribution < 1.29 is 13.2 Å². The van der Waals surface area contributed by atoms with E-state index in [0.29, 0.717) is 35.8 Å². The minimum absolute atomic E-state index is 0.105. The fourth-order valence-electron chi connectivity index (χ4n) is 2.61. The van der Waals surface area contributed by atoms with E-state index in [4.69, 9.17) is 11.6 Å². The highest BCUT2D eigenvalue weighted by Gasteiger charge is 2.55. The Bertz CT molecular complexity index is 858. The van der Waals surface area contributed by atoms with Crippen LogP contribution in [0.15, 0.2) is 29.2 Å². The van der Waals surface area contributed by atoms with E-state index in [2.05, 4.69) is 15.5 Å². The van der Waals surface area contributed by atoms with Crippen LogP contribution in [0.3, 0.4) is 0 Å². The number of carbonyl (C=O) groups excluding carboxylic acids is 1. The van der Waals surface area contributed by atoms with E-state index in [1.807, 2.05) is 6.92 Å². The molecule has 0 saturated heterocycles. The molecule has 0 radical (unpaired) electrons. The number of anilines is 1. The molecule has 1 aromatic carbocycles. The Morgan fingerprint density at radius 3 is 2.46 bits per heavy atom. The number of hydrogen-bond acceptors (Lipinski definition) is 6. The Hall–Kier alpha value is -1.51. The number of aromatic nitrogens is 2. The van der Waals surface area contributed by atoms with Crippen LogP contribution in [0.2, 0.25) is 5.02 Å². The third kappa shape index (κ3) is 2.82. The lowest BCUT2D eigenvalue weighted by Gasteiger charge is -2.38. The molecule has 0 spiro atoms. The molecular formula is C15H16ClN3O3S2. The minimum Gasteiger partial charge on any atom is -0.299 e. The maximum Gasteiger partial charge on any atom is 0.248 e. The monoisotopic (exact) mass is 385 g/mol. The van der Waals surface area contributed by atoms with Gasteiger partial charge in [0.15, 0.2) is 14.6 Å². The summed E-state index contributed by atoms with van der Waals surface area (Å²) in [6.45, 7) is 1.94. The average Bonchev–Trinajstić information content (AvgIpc) is 2.93. The molecule has 1 aromatic heterocycles. The number of carbonyl (C=O) groups is 1. The highest BCUT2D eigenvalue weighted by molar-refractivity contribution is 7.93. The van der Waals surface area contributed by atoms with Crippen molar-refractivity contribution in [3.63, 3.8) is 0 Å². The summed E-state index contributed by atoms with van der Waals surface area (Å²) < 4.78 is 24.6. The largest absolute Gasteiger partial charge is 0.299 e.